The zero-order valence-electron chi connectivity index (χ0n) is 7.98. The Balaban J connectivity index is 1.89. The molecule has 1 aromatic rings. The predicted octanol–water partition coefficient (Wildman–Crippen LogP) is 0.943. The molecule has 2 aliphatic rings. The summed E-state index contributed by atoms with van der Waals surface area (Å²) in [5, 5.41) is 12.9. The van der Waals surface area contributed by atoms with E-state index in [9.17, 15) is 5.11 Å². The maximum atomic E-state index is 9.40. The Labute approximate surface area is 83.3 Å². The summed E-state index contributed by atoms with van der Waals surface area (Å²) in [5.74, 6) is 0.359. The molecule has 0 radical (unpaired) electrons. The molecule has 3 nitrogen and oxygen atoms in total. The van der Waals surface area contributed by atoms with Gasteiger partial charge in [0.25, 0.3) is 0 Å². The second-order valence-corrected chi connectivity index (χ2v) is 4.17. The zero-order chi connectivity index (χ0) is 9.54. The zero-order valence-corrected chi connectivity index (χ0v) is 7.98. The number of benzene rings is 1. The van der Waals surface area contributed by atoms with E-state index in [0.29, 0.717) is 17.8 Å². The first-order chi connectivity index (χ1) is 6.83. The Hall–Kier alpha value is -1.22. The Morgan fingerprint density at radius 1 is 1.43 bits per heavy atom. The third-order valence-electron chi connectivity index (χ3n) is 3.22. The van der Waals surface area contributed by atoms with Crippen molar-refractivity contribution in [3.63, 3.8) is 0 Å². The number of hydrogen-bond donors (Lipinski definition) is 2. The number of nitrogens with one attached hydrogen (secondary N) is 1. The van der Waals surface area contributed by atoms with E-state index < -0.39 is 0 Å². The number of phenolic OH excluding ortho intramolecular Hbond substituents is 1. The Morgan fingerprint density at radius 2 is 2.36 bits per heavy atom. The molecule has 3 heteroatoms. The molecule has 2 bridgehead atoms. The van der Waals surface area contributed by atoms with Crippen LogP contribution in [0.2, 0.25) is 0 Å². The fourth-order valence-corrected chi connectivity index (χ4v) is 2.55. The van der Waals surface area contributed by atoms with Crippen LogP contribution in [-0.2, 0) is 0 Å². The van der Waals surface area contributed by atoms with Crippen molar-refractivity contribution in [2.24, 2.45) is 0 Å². The van der Waals surface area contributed by atoms with E-state index in [4.69, 9.17) is 0 Å². The van der Waals surface area contributed by atoms with Crippen molar-refractivity contribution in [2.75, 3.05) is 18.0 Å². The van der Waals surface area contributed by atoms with Gasteiger partial charge in [0.1, 0.15) is 5.75 Å². The van der Waals surface area contributed by atoms with E-state index in [1.165, 1.54) is 6.42 Å². The molecule has 2 fully saturated rings. The van der Waals surface area contributed by atoms with Crippen LogP contribution in [0.4, 0.5) is 5.69 Å². The quantitative estimate of drug-likeness (QED) is 0.692. The number of hydrogen-bond acceptors (Lipinski definition) is 3. The van der Waals surface area contributed by atoms with E-state index in [1.807, 2.05) is 12.1 Å². The number of anilines is 1. The molecule has 14 heavy (non-hydrogen) atoms. The van der Waals surface area contributed by atoms with Crippen LogP contribution in [0.3, 0.4) is 0 Å². The maximum absolute atomic E-state index is 9.40. The summed E-state index contributed by atoms with van der Waals surface area (Å²) >= 11 is 0. The minimum atomic E-state index is 0.359. The van der Waals surface area contributed by atoms with Crippen molar-refractivity contribution in [3.05, 3.63) is 24.3 Å². The number of phenols is 1. The van der Waals surface area contributed by atoms with Crippen molar-refractivity contribution in [2.45, 2.75) is 18.5 Å². The van der Waals surface area contributed by atoms with Crippen LogP contribution in [0.25, 0.3) is 0 Å². The molecule has 0 saturated carbocycles. The number of aromatic hydroxyl groups is 1. The highest BCUT2D eigenvalue weighted by Gasteiger charge is 2.37. The fraction of sp³-hybridized carbons (Fsp3) is 0.455. The van der Waals surface area contributed by atoms with Gasteiger partial charge in [0, 0.05) is 36.9 Å². The minimum absolute atomic E-state index is 0.359. The minimum Gasteiger partial charge on any atom is -0.508 e. The van der Waals surface area contributed by atoms with Gasteiger partial charge in [-0.15, -0.1) is 0 Å². The smallest absolute Gasteiger partial charge is 0.117 e. The summed E-state index contributed by atoms with van der Waals surface area (Å²) in [6, 6.07) is 8.82. The molecule has 1 aromatic carbocycles. The number of rotatable bonds is 1. The Kier molecular flexibility index (Phi) is 1.67. The summed E-state index contributed by atoms with van der Waals surface area (Å²) < 4.78 is 0. The first-order valence-electron chi connectivity index (χ1n) is 5.12. The molecule has 3 rings (SSSR count). The second kappa shape index (κ2) is 2.89. The van der Waals surface area contributed by atoms with Crippen molar-refractivity contribution >= 4 is 5.69 Å². The van der Waals surface area contributed by atoms with Crippen LogP contribution in [0.1, 0.15) is 6.42 Å². The molecule has 2 saturated heterocycles. The lowest BCUT2D eigenvalue weighted by molar-refractivity contribution is 0.474. The summed E-state index contributed by atoms with van der Waals surface area (Å²) in [6.07, 6.45) is 1.25. The molecule has 0 amide bonds. The summed E-state index contributed by atoms with van der Waals surface area (Å²) in [5.41, 5.74) is 1.15. The van der Waals surface area contributed by atoms with Gasteiger partial charge in [-0.25, -0.2) is 0 Å². The Bertz CT molecular complexity index is 353. The van der Waals surface area contributed by atoms with Crippen molar-refractivity contribution in [1.29, 1.82) is 0 Å². The van der Waals surface area contributed by atoms with Gasteiger partial charge in [0.2, 0.25) is 0 Å². The summed E-state index contributed by atoms with van der Waals surface area (Å²) in [7, 11) is 0. The third-order valence-corrected chi connectivity index (χ3v) is 3.22. The van der Waals surface area contributed by atoms with Gasteiger partial charge in [-0.1, -0.05) is 6.07 Å². The van der Waals surface area contributed by atoms with Gasteiger partial charge in [0.05, 0.1) is 0 Å². The van der Waals surface area contributed by atoms with Gasteiger partial charge in [-0.2, -0.15) is 0 Å². The summed E-state index contributed by atoms with van der Waals surface area (Å²) in [4.78, 5) is 2.39. The lowest BCUT2D eigenvalue weighted by atomic mass is 10.2. The van der Waals surface area contributed by atoms with Crippen LogP contribution >= 0.6 is 0 Å². The SMILES string of the molecule is Oc1cccc(N2CC3CC2CN3)c1. The first kappa shape index (κ1) is 8.12. The summed E-state index contributed by atoms with van der Waals surface area (Å²) in [6.45, 7) is 2.16. The molecule has 0 aromatic heterocycles. The van der Waals surface area contributed by atoms with Gasteiger partial charge < -0.3 is 15.3 Å². The molecular weight excluding hydrogens is 176 g/mol. The Morgan fingerprint density at radius 3 is 3.00 bits per heavy atom. The molecule has 74 valence electrons. The molecule has 0 aliphatic carbocycles. The van der Waals surface area contributed by atoms with Crippen LogP contribution in [0.15, 0.2) is 24.3 Å². The van der Waals surface area contributed by atoms with Crippen LogP contribution < -0.4 is 10.2 Å². The molecule has 2 unspecified atom stereocenters. The second-order valence-electron chi connectivity index (χ2n) is 4.17. The number of nitrogens with zero attached hydrogens (tertiary/aromatic N) is 1. The normalized spacial score (nSPS) is 29.9. The highest BCUT2D eigenvalue weighted by Crippen LogP contribution is 2.30. The standard InChI is InChI=1S/C11H14N2O/c14-11-3-1-2-9(5-11)13-7-8-4-10(13)6-12-8/h1-3,5,8,10,12,14H,4,6-7H2. The maximum Gasteiger partial charge on any atom is 0.117 e. The largest absolute Gasteiger partial charge is 0.508 e. The molecule has 0 spiro atoms. The average Bonchev–Trinajstić information content (AvgIpc) is 2.78. The highest BCUT2D eigenvalue weighted by atomic mass is 16.3. The third kappa shape index (κ3) is 1.16. The van der Waals surface area contributed by atoms with E-state index in [1.54, 1.807) is 6.07 Å². The van der Waals surface area contributed by atoms with E-state index in [2.05, 4.69) is 16.3 Å². The van der Waals surface area contributed by atoms with E-state index in [-0.39, 0.29) is 0 Å². The van der Waals surface area contributed by atoms with E-state index >= 15 is 0 Å². The molecule has 2 atom stereocenters. The predicted molar refractivity (Wildman–Crippen MR) is 55.6 cm³/mol. The number of fused-ring (bicyclic) bond motifs is 2. The monoisotopic (exact) mass is 190 g/mol. The fourth-order valence-electron chi connectivity index (χ4n) is 2.55. The topological polar surface area (TPSA) is 35.5 Å². The van der Waals surface area contributed by atoms with Gasteiger partial charge in [-0.05, 0) is 18.6 Å². The lowest BCUT2D eigenvalue weighted by Gasteiger charge is -2.29. The number of piperazine rings is 1. The van der Waals surface area contributed by atoms with E-state index in [0.717, 1.165) is 18.8 Å². The van der Waals surface area contributed by atoms with Gasteiger partial charge in [-0.3, -0.25) is 0 Å². The van der Waals surface area contributed by atoms with Crippen molar-refractivity contribution < 1.29 is 5.11 Å². The molecule has 2 N–H and O–H groups in total. The van der Waals surface area contributed by atoms with Gasteiger partial charge >= 0.3 is 0 Å². The molecular formula is C11H14N2O. The lowest BCUT2D eigenvalue weighted by Crippen LogP contribution is -2.43. The van der Waals surface area contributed by atoms with Crippen LogP contribution in [0.5, 0.6) is 5.75 Å². The van der Waals surface area contributed by atoms with Crippen LogP contribution in [-0.4, -0.2) is 30.3 Å². The van der Waals surface area contributed by atoms with Crippen LogP contribution in [0, 0.1) is 0 Å². The van der Waals surface area contributed by atoms with Gasteiger partial charge in [0.15, 0.2) is 0 Å². The highest BCUT2D eigenvalue weighted by molar-refractivity contribution is 5.53. The molecule has 2 aliphatic heterocycles. The molecule has 2 heterocycles. The van der Waals surface area contributed by atoms with Crippen molar-refractivity contribution in [3.8, 4) is 5.75 Å². The first-order valence-corrected chi connectivity index (χ1v) is 5.12. The van der Waals surface area contributed by atoms with Crippen molar-refractivity contribution in [1.82, 2.24) is 5.32 Å². The average molecular weight is 190 g/mol.